The van der Waals surface area contributed by atoms with Crippen molar-refractivity contribution >= 4 is 16.8 Å². The van der Waals surface area contributed by atoms with Gasteiger partial charge in [-0.3, -0.25) is 9.69 Å². The summed E-state index contributed by atoms with van der Waals surface area (Å²) in [4.78, 5) is 13.9. The Labute approximate surface area is 112 Å². The molecule has 1 aromatic carbocycles. The Morgan fingerprint density at radius 3 is 2.74 bits per heavy atom. The van der Waals surface area contributed by atoms with E-state index in [1.807, 2.05) is 34.9 Å². The summed E-state index contributed by atoms with van der Waals surface area (Å²) >= 11 is 0. The van der Waals surface area contributed by atoms with Crippen LogP contribution in [0.1, 0.15) is 10.5 Å². The van der Waals surface area contributed by atoms with E-state index in [9.17, 15) is 4.79 Å². The van der Waals surface area contributed by atoms with Gasteiger partial charge in [-0.1, -0.05) is 18.2 Å². The summed E-state index contributed by atoms with van der Waals surface area (Å²) in [7, 11) is 0. The summed E-state index contributed by atoms with van der Waals surface area (Å²) in [6, 6.07) is 9.88. The first-order chi connectivity index (χ1) is 9.25. The third kappa shape index (κ3) is 2.34. The lowest BCUT2D eigenvalue weighted by Crippen LogP contribution is -2.44. The van der Waals surface area contributed by atoms with Gasteiger partial charge in [0.25, 0.3) is 5.91 Å². The van der Waals surface area contributed by atoms with Gasteiger partial charge in [-0.25, -0.2) is 0 Å². The van der Waals surface area contributed by atoms with Gasteiger partial charge in [-0.2, -0.15) is 0 Å². The number of nitrogens with two attached hydrogens (primary N) is 1. The Balaban J connectivity index is 1.99. The minimum absolute atomic E-state index is 0.369. The predicted octanol–water partition coefficient (Wildman–Crippen LogP) is 0.603. The van der Waals surface area contributed by atoms with Crippen LogP contribution in [0.25, 0.3) is 10.9 Å². The largest absolute Gasteiger partial charge is 0.364 e. The first kappa shape index (κ1) is 12.2. The van der Waals surface area contributed by atoms with Crippen molar-refractivity contribution < 1.29 is 4.79 Å². The fourth-order valence-electron chi connectivity index (χ4n) is 2.62. The van der Waals surface area contributed by atoms with Gasteiger partial charge in [0.1, 0.15) is 5.69 Å². The van der Waals surface area contributed by atoms with Gasteiger partial charge in [0.2, 0.25) is 0 Å². The normalized spacial score (nSPS) is 16.8. The number of fused-ring (bicyclic) bond motifs is 1. The number of aromatic nitrogens is 1. The molecule has 0 unspecified atom stereocenters. The number of nitrogens with one attached hydrogen (secondary N) is 1. The van der Waals surface area contributed by atoms with Gasteiger partial charge >= 0.3 is 0 Å². The second kappa shape index (κ2) is 5.03. The molecular weight excluding hydrogens is 240 g/mol. The van der Waals surface area contributed by atoms with E-state index in [0.29, 0.717) is 12.4 Å². The second-order valence-corrected chi connectivity index (χ2v) is 4.89. The quantitative estimate of drug-likeness (QED) is 0.847. The molecule has 1 aromatic heterocycles. The molecule has 2 heterocycles. The van der Waals surface area contributed by atoms with Crippen LogP contribution in [0, 0.1) is 0 Å². The van der Waals surface area contributed by atoms with E-state index in [0.717, 1.165) is 37.1 Å². The monoisotopic (exact) mass is 258 g/mol. The van der Waals surface area contributed by atoms with Crippen LogP contribution in [0.2, 0.25) is 0 Å². The Morgan fingerprint density at radius 2 is 2.00 bits per heavy atom. The van der Waals surface area contributed by atoms with Crippen molar-refractivity contribution in [2.75, 3.05) is 26.2 Å². The maximum atomic E-state index is 11.6. The van der Waals surface area contributed by atoms with Gasteiger partial charge in [0, 0.05) is 37.1 Å². The lowest BCUT2D eigenvalue weighted by Gasteiger charge is -2.28. The molecule has 2 aromatic rings. The third-order valence-corrected chi connectivity index (χ3v) is 3.61. The Kier molecular flexibility index (Phi) is 3.23. The summed E-state index contributed by atoms with van der Waals surface area (Å²) in [6.45, 7) is 4.68. The molecular formula is C14H18N4O. The second-order valence-electron chi connectivity index (χ2n) is 4.89. The van der Waals surface area contributed by atoms with E-state index < -0.39 is 0 Å². The van der Waals surface area contributed by atoms with Gasteiger partial charge < -0.3 is 15.6 Å². The minimum atomic E-state index is -0.369. The lowest BCUT2D eigenvalue weighted by atomic mass is 10.2. The van der Waals surface area contributed by atoms with E-state index >= 15 is 0 Å². The van der Waals surface area contributed by atoms with Crippen molar-refractivity contribution in [2.24, 2.45) is 5.73 Å². The molecule has 3 N–H and O–H groups in total. The average Bonchev–Trinajstić information content (AvgIpc) is 2.79. The molecule has 1 aliphatic rings. The van der Waals surface area contributed by atoms with Crippen LogP contribution in [0.15, 0.2) is 30.3 Å². The Morgan fingerprint density at radius 1 is 1.26 bits per heavy atom. The van der Waals surface area contributed by atoms with Crippen LogP contribution in [-0.4, -0.2) is 41.6 Å². The lowest BCUT2D eigenvalue weighted by molar-refractivity contribution is 0.0984. The van der Waals surface area contributed by atoms with Crippen LogP contribution < -0.4 is 11.1 Å². The summed E-state index contributed by atoms with van der Waals surface area (Å²) in [6.07, 6.45) is 0. The van der Waals surface area contributed by atoms with Crippen LogP contribution in [0.4, 0.5) is 0 Å². The number of para-hydroxylation sites is 1. The highest BCUT2D eigenvalue weighted by atomic mass is 16.1. The molecule has 100 valence electrons. The molecule has 19 heavy (non-hydrogen) atoms. The van der Waals surface area contributed by atoms with E-state index in [1.54, 1.807) is 0 Å². The molecule has 0 atom stereocenters. The zero-order valence-corrected chi connectivity index (χ0v) is 10.8. The Hall–Kier alpha value is -1.85. The highest BCUT2D eigenvalue weighted by molar-refractivity contribution is 5.97. The summed E-state index contributed by atoms with van der Waals surface area (Å²) in [5.74, 6) is -0.369. The standard InChI is InChI=1S/C14H18N4O/c15-14(19)13-9-11-3-1-2-4-12(11)18(13)10-17-7-5-16-6-8-17/h1-4,9,16H,5-8,10H2,(H2,15,19). The van der Waals surface area contributed by atoms with Gasteiger partial charge in [-0.05, 0) is 12.1 Å². The summed E-state index contributed by atoms with van der Waals surface area (Å²) < 4.78 is 2.02. The molecule has 1 amide bonds. The van der Waals surface area contributed by atoms with Gasteiger partial charge in [0.05, 0.1) is 6.67 Å². The molecule has 0 radical (unpaired) electrons. The van der Waals surface area contributed by atoms with Crippen LogP contribution in [0.3, 0.4) is 0 Å². The molecule has 1 saturated heterocycles. The van der Waals surface area contributed by atoms with E-state index in [1.165, 1.54) is 0 Å². The molecule has 5 heteroatoms. The topological polar surface area (TPSA) is 63.3 Å². The molecule has 0 spiro atoms. The van der Waals surface area contributed by atoms with Crippen molar-refractivity contribution in [3.05, 3.63) is 36.0 Å². The van der Waals surface area contributed by atoms with Crippen LogP contribution in [0.5, 0.6) is 0 Å². The van der Waals surface area contributed by atoms with Crippen molar-refractivity contribution in [3.8, 4) is 0 Å². The van der Waals surface area contributed by atoms with Gasteiger partial charge in [0.15, 0.2) is 0 Å². The molecule has 0 aliphatic carbocycles. The summed E-state index contributed by atoms with van der Waals surface area (Å²) in [5.41, 5.74) is 7.14. The Bertz CT molecular complexity index is 599. The highest BCUT2D eigenvalue weighted by Crippen LogP contribution is 2.20. The van der Waals surface area contributed by atoms with Crippen LogP contribution >= 0.6 is 0 Å². The number of amides is 1. The molecule has 1 fully saturated rings. The average molecular weight is 258 g/mol. The number of hydrogen-bond donors (Lipinski definition) is 2. The smallest absolute Gasteiger partial charge is 0.265 e. The number of primary amides is 1. The predicted molar refractivity (Wildman–Crippen MR) is 74.9 cm³/mol. The zero-order chi connectivity index (χ0) is 13.2. The highest BCUT2D eigenvalue weighted by Gasteiger charge is 2.16. The van der Waals surface area contributed by atoms with E-state index in [2.05, 4.69) is 10.2 Å². The first-order valence-electron chi connectivity index (χ1n) is 6.57. The molecule has 0 saturated carbocycles. The maximum absolute atomic E-state index is 11.6. The van der Waals surface area contributed by atoms with E-state index in [4.69, 9.17) is 5.73 Å². The zero-order valence-electron chi connectivity index (χ0n) is 10.8. The number of piperazine rings is 1. The SMILES string of the molecule is NC(=O)c1cc2ccccc2n1CN1CCNCC1. The van der Waals surface area contributed by atoms with Crippen molar-refractivity contribution in [3.63, 3.8) is 0 Å². The van der Waals surface area contributed by atoms with Gasteiger partial charge in [-0.15, -0.1) is 0 Å². The molecule has 0 bridgehead atoms. The number of benzene rings is 1. The van der Waals surface area contributed by atoms with Crippen LogP contribution in [-0.2, 0) is 6.67 Å². The minimum Gasteiger partial charge on any atom is -0.364 e. The third-order valence-electron chi connectivity index (χ3n) is 3.61. The van der Waals surface area contributed by atoms with Crippen molar-refractivity contribution in [1.29, 1.82) is 0 Å². The number of hydrogen-bond acceptors (Lipinski definition) is 3. The number of nitrogens with zero attached hydrogens (tertiary/aromatic N) is 2. The maximum Gasteiger partial charge on any atom is 0.265 e. The van der Waals surface area contributed by atoms with Crippen molar-refractivity contribution in [1.82, 2.24) is 14.8 Å². The molecule has 1 aliphatic heterocycles. The number of carbonyl (C=O) groups excluding carboxylic acids is 1. The number of carbonyl (C=O) groups is 1. The first-order valence-corrected chi connectivity index (χ1v) is 6.57. The summed E-state index contributed by atoms with van der Waals surface area (Å²) in [5, 5.41) is 4.39. The fourth-order valence-corrected chi connectivity index (χ4v) is 2.62. The van der Waals surface area contributed by atoms with Crippen molar-refractivity contribution in [2.45, 2.75) is 6.67 Å². The number of rotatable bonds is 3. The molecule has 5 nitrogen and oxygen atoms in total. The van der Waals surface area contributed by atoms with E-state index in [-0.39, 0.29) is 5.91 Å². The molecule has 3 rings (SSSR count). The fraction of sp³-hybridized carbons (Fsp3) is 0.357.